The number of halogens is 2. The second kappa shape index (κ2) is 7.17. The van der Waals surface area contributed by atoms with Gasteiger partial charge in [-0.05, 0) is 48.6 Å². The first-order valence-electron chi connectivity index (χ1n) is 6.90. The van der Waals surface area contributed by atoms with Crippen LogP contribution >= 0.6 is 35.4 Å². The van der Waals surface area contributed by atoms with E-state index in [1.54, 1.807) is 31.5 Å². The first-order chi connectivity index (χ1) is 11.6. The molecule has 1 heterocycles. The van der Waals surface area contributed by atoms with Gasteiger partial charge in [0.05, 0.1) is 18.3 Å². The molecule has 8 heteroatoms. The molecule has 122 valence electrons. The third kappa shape index (κ3) is 3.51. The zero-order chi connectivity index (χ0) is 17.1. The van der Waals surface area contributed by atoms with Crippen LogP contribution in [-0.2, 0) is 0 Å². The molecule has 0 aliphatic rings. The number of ether oxygens (including phenoxy) is 1. The summed E-state index contributed by atoms with van der Waals surface area (Å²) in [6, 6.07) is 12.6. The molecule has 0 aliphatic heterocycles. The smallest absolute Gasteiger partial charge is 0.216 e. The number of H-pyrrole nitrogens is 1. The van der Waals surface area contributed by atoms with Crippen LogP contribution in [0.5, 0.6) is 5.75 Å². The van der Waals surface area contributed by atoms with Gasteiger partial charge in [0.1, 0.15) is 5.75 Å². The SMILES string of the molecule is COc1ccc(-c2n[nH]c(=S)n2/N=C\c2ccc(Cl)cc2Cl)cc1. The van der Waals surface area contributed by atoms with Crippen LogP contribution < -0.4 is 4.74 Å². The molecule has 0 spiro atoms. The van der Waals surface area contributed by atoms with Gasteiger partial charge >= 0.3 is 0 Å². The Morgan fingerprint density at radius 2 is 1.96 bits per heavy atom. The molecule has 0 radical (unpaired) electrons. The maximum atomic E-state index is 6.15. The number of hydrogen-bond acceptors (Lipinski definition) is 4. The van der Waals surface area contributed by atoms with E-state index in [4.69, 9.17) is 40.2 Å². The third-order valence-corrected chi connectivity index (χ3v) is 4.10. The molecule has 1 N–H and O–H groups in total. The lowest BCUT2D eigenvalue weighted by molar-refractivity contribution is 0.415. The highest BCUT2D eigenvalue weighted by Crippen LogP contribution is 2.22. The Morgan fingerprint density at radius 3 is 2.62 bits per heavy atom. The first kappa shape index (κ1) is 16.7. The maximum Gasteiger partial charge on any atom is 0.216 e. The van der Waals surface area contributed by atoms with Gasteiger partial charge in [-0.3, -0.25) is 0 Å². The predicted molar refractivity (Wildman–Crippen MR) is 98.9 cm³/mol. The van der Waals surface area contributed by atoms with Crippen molar-refractivity contribution in [1.82, 2.24) is 14.9 Å². The average Bonchev–Trinajstić information content (AvgIpc) is 2.95. The fourth-order valence-corrected chi connectivity index (χ4v) is 2.69. The molecular formula is C16H12Cl2N4OS. The van der Waals surface area contributed by atoms with Crippen molar-refractivity contribution in [3.8, 4) is 17.1 Å². The molecule has 0 unspecified atom stereocenters. The Bertz CT molecular complexity index is 947. The summed E-state index contributed by atoms with van der Waals surface area (Å²) in [5, 5.41) is 12.4. The van der Waals surface area contributed by atoms with E-state index in [2.05, 4.69) is 15.3 Å². The summed E-state index contributed by atoms with van der Waals surface area (Å²) in [4.78, 5) is 0. The van der Waals surface area contributed by atoms with E-state index in [-0.39, 0.29) is 0 Å². The molecule has 0 bridgehead atoms. The number of nitrogens with one attached hydrogen (secondary N) is 1. The molecule has 2 aromatic carbocycles. The quantitative estimate of drug-likeness (QED) is 0.523. The average molecular weight is 379 g/mol. The molecule has 24 heavy (non-hydrogen) atoms. The van der Waals surface area contributed by atoms with Crippen LogP contribution in [0.2, 0.25) is 10.0 Å². The van der Waals surface area contributed by atoms with Crippen LogP contribution in [0.25, 0.3) is 11.4 Å². The van der Waals surface area contributed by atoms with Gasteiger partial charge in [-0.25, -0.2) is 5.10 Å². The lowest BCUT2D eigenvalue weighted by Crippen LogP contribution is -1.95. The summed E-state index contributed by atoms with van der Waals surface area (Å²) >= 11 is 17.3. The molecule has 0 atom stereocenters. The largest absolute Gasteiger partial charge is 0.497 e. The zero-order valence-electron chi connectivity index (χ0n) is 12.5. The highest BCUT2D eigenvalue weighted by molar-refractivity contribution is 7.71. The molecule has 0 amide bonds. The second-order valence-corrected chi connectivity index (χ2v) is 6.03. The monoisotopic (exact) mass is 378 g/mol. The molecule has 0 saturated carbocycles. The van der Waals surface area contributed by atoms with Crippen LogP contribution in [0.15, 0.2) is 47.6 Å². The molecule has 5 nitrogen and oxygen atoms in total. The van der Waals surface area contributed by atoms with Gasteiger partial charge in [-0.15, -0.1) is 0 Å². The molecule has 1 aromatic heterocycles. The van der Waals surface area contributed by atoms with Crippen LogP contribution in [0.4, 0.5) is 0 Å². The molecule has 0 saturated heterocycles. The number of nitrogens with zero attached hydrogens (tertiary/aromatic N) is 3. The van der Waals surface area contributed by atoms with Crippen molar-refractivity contribution in [2.45, 2.75) is 0 Å². The van der Waals surface area contributed by atoms with Gasteiger partial charge < -0.3 is 4.74 Å². The van der Waals surface area contributed by atoms with Gasteiger partial charge in [0.15, 0.2) is 5.82 Å². The van der Waals surface area contributed by atoms with Gasteiger partial charge in [0.2, 0.25) is 4.77 Å². The third-order valence-electron chi connectivity index (χ3n) is 3.27. The Kier molecular flexibility index (Phi) is 4.99. The lowest BCUT2D eigenvalue weighted by Gasteiger charge is -2.03. The summed E-state index contributed by atoms with van der Waals surface area (Å²) in [5.74, 6) is 1.35. The van der Waals surface area contributed by atoms with Crippen molar-refractivity contribution >= 4 is 41.6 Å². The summed E-state index contributed by atoms with van der Waals surface area (Å²) in [6.07, 6.45) is 1.61. The van der Waals surface area contributed by atoms with Crippen molar-refractivity contribution in [1.29, 1.82) is 0 Å². The minimum absolute atomic E-state index is 0.377. The highest BCUT2D eigenvalue weighted by Gasteiger charge is 2.08. The van der Waals surface area contributed by atoms with E-state index in [0.717, 1.165) is 16.9 Å². The van der Waals surface area contributed by atoms with Crippen molar-refractivity contribution in [2.24, 2.45) is 5.10 Å². The predicted octanol–water partition coefficient (Wildman–Crippen LogP) is 4.81. The minimum atomic E-state index is 0.377. The van der Waals surface area contributed by atoms with E-state index in [1.165, 1.54) is 4.68 Å². The number of methoxy groups -OCH3 is 1. The van der Waals surface area contributed by atoms with Crippen LogP contribution in [-0.4, -0.2) is 28.2 Å². The first-order valence-corrected chi connectivity index (χ1v) is 8.06. The molecule has 3 rings (SSSR count). The number of rotatable bonds is 4. The van der Waals surface area contributed by atoms with Crippen molar-refractivity contribution in [3.63, 3.8) is 0 Å². The van der Waals surface area contributed by atoms with Gasteiger partial charge in [-0.2, -0.15) is 14.9 Å². The molecule has 0 aliphatic carbocycles. The fourth-order valence-electron chi connectivity index (χ4n) is 2.05. The number of benzene rings is 2. The Labute approximate surface area is 153 Å². The Hall–Kier alpha value is -2.15. The standard InChI is InChI=1S/C16H12Cl2N4OS/c1-23-13-6-3-10(4-7-13)15-20-21-16(24)22(15)19-9-11-2-5-12(17)8-14(11)18/h2-9H,1H3,(H,21,24)/b19-9-. The summed E-state index contributed by atoms with van der Waals surface area (Å²) in [6.45, 7) is 0. The van der Waals surface area contributed by atoms with E-state index in [1.807, 2.05) is 24.3 Å². The Morgan fingerprint density at radius 1 is 1.21 bits per heavy atom. The fraction of sp³-hybridized carbons (Fsp3) is 0.0625. The van der Waals surface area contributed by atoms with Crippen molar-refractivity contribution in [2.75, 3.05) is 7.11 Å². The summed E-state index contributed by atoms with van der Waals surface area (Å²) in [7, 11) is 1.62. The maximum absolute atomic E-state index is 6.15. The van der Waals surface area contributed by atoms with Gasteiger partial charge in [-0.1, -0.05) is 29.3 Å². The number of aromatic amines is 1. The lowest BCUT2D eigenvalue weighted by atomic mass is 10.2. The van der Waals surface area contributed by atoms with Crippen LogP contribution in [0.3, 0.4) is 0 Å². The minimum Gasteiger partial charge on any atom is -0.497 e. The summed E-state index contributed by atoms with van der Waals surface area (Å²) < 4.78 is 7.06. The molecule has 0 fully saturated rings. The number of aromatic nitrogens is 3. The molecular weight excluding hydrogens is 367 g/mol. The highest BCUT2D eigenvalue weighted by atomic mass is 35.5. The van der Waals surface area contributed by atoms with E-state index < -0.39 is 0 Å². The van der Waals surface area contributed by atoms with Crippen molar-refractivity contribution in [3.05, 3.63) is 62.8 Å². The van der Waals surface area contributed by atoms with Gasteiger partial charge in [0, 0.05) is 16.1 Å². The number of hydrogen-bond donors (Lipinski definition) is 1. The van der Waals surface area contributed by atoms with Crippen LogP contribution in [0.1, 0.15) is 5.56 Å². The topological polar surface area (TPSA) is 55.2 Å². The molecule has 3 aromatic rings. The zero-order valence-corrected chi connectivity index (χ0v) is 14.9. The van der Waals surface area contributed by atoms with Crippen molar-refractivity contribution < 1.29 is 4.74 Å². The Balaban J connectivity index is 1.98. The van der Waals surface area contributed by atoms with Crippen LogP contribution in [0, 0.1) is 4.77 Å². The van der Waals surface area contributed by atoms with E-state index >= 15 is 0 Å². The van der Waals surface area contributed by atoms with E-state index in [9.17, 15) is 0 Å². The second-order valence-electron chi connectivity index (χ2n) is 4.80. The summed E-state index contributed by atoms with van der Waals surface area (Å²) in [5.41, 5.74) is 1.58. The van der Waals surface area contributed by atoms with E-state index in [0.29, 0.717) is 20.6 Å². The van der Waals surface area contributed by atoms with Gasteiger partial charge in [0.25, 0.3) is 0 Å². The normalized spacial score (nSPS) is 11.1.